The number of ether oxygens (including phenoxy) is 1. The summed E-state index contributed by atoms with van der Waals surface area (Å²) in [6, 6.07) is 13.2. The Morgan fingerprint density at radius 2 is 1.84 bits per heavy atom. The van der Waals surface area contributed by atoms with E-state index in [-0.39, 0.29) is 24.9 Å². The SMILES string of the molecule is CN(Cc1ccccc1F)C(=O)/C=C/c1ccc(OCC(N)=O)cc1. The number of hydrogen-bond donors (Lipinski definition) is 1. The zero-order chi connectivity index (χ0) is 18.2. The molecular formula is C19H19FN2O3. The molecule has 25 heavy (non-hydrogen) atoms. The maximum Gasteiger partial charge on any atom is 0.255 e. The fraction of sp³-hybridized carbons (Fsp3) is 0.158. The minimum absolute atomic E-state index is 0.186. The van der Waals surface area contributed by atoms with Crippen molar-refractivity contribution in [1.82, 2.24) is 4.90 Å². The summed E-state index contributed by atoms with van der Waals surface area (Å²) in [5.74, 6) is -0.610. The molecular weight excluding hydrogens is 323 g/mol. The molecule has 2 aromatic carbocycles. The van der Waals surface area contributed by atoms with E-state index in [1.807, 2.05) is 0 Å². The van der Waals surface area contributed by atoms with Gasteiger partial charge in [0.05, 0.1) is 0 Å². The third-order valence-electron chi connectivity index (χ3n) is 3.42. The van der Waals surface area contributed by atoms with Crippen LogP contribution in [0.5, 0.6) is 5.75 Å². The molecule has 130 valence electrons. The summed E-state index contributed by atoms with van der Waals surface area (Å²) in [4.78, 5) is 24.2. The van der Waals surface area contributed by atoms with Crippen molar-refractivity contribution in [3.8, 4) is 5.75 Å². The fourth-order valence-electron chi connectivity index (χ4n) is 2.08. The zero-order valence-corrected chi connectivity index (χ0v) is 13.8. The summed E-state index contributed by atoms with van der Waals surface area (Å²) in [7, 11) is 1.61. The summed E-state index contributed by atoms with van der Waals surface area (Å²) >= 11 is 0. The molecule has 0 saturated heterocycles. The summed E-state index contributed by atoms with van der Waals surface area (Å²) < 4.78 is 18.8. The number of nitrogens with two attached hydrogens (primary N) is 1. The molecule has 2 rings (SSSR count). The fourth-order valence-corrected chi connectivity index (χ4v) is 2.08. The number of amides is 2. The van der Waals surface area contributed by atoms with E-state index in [2.05, 4.69) is 0 Å². The lowest BCUT2D eigenvalue weighted by molar-refractivity contribution is -0.125. The topological polar surface area (TPSA) is 72.6 Å². The Bertz CT molecular complexity index is 772. The van der Waals surface area contributed by atoms with Crippen molar-refractivity contribution in [2.24, 2.45) is 5.73 Å². The van der Waals surface area contributed by atoms with Gasteiger partial charge in [-0.25, -0.2) is 4.39 Å². The second-order valence-corrected chi connectivity index (χ2v) is 5.44. The molecule has 0 aliphatic heterocycles. The first-order valence-corrected chi connectivity index (χ1v) is 7.63. The highest BCUT2D eigenvalue weighted by Crippen LogP contribution is 2.14. The lowest BCUT2D eigenvalue weighted by atomic mass is 10.2. The van der Waals surface area contributed by atoms with Crippen molar-refractivity contribution in [3.63, 3.8) is 0 Å². The third kappa shape index (κ3) is 5.76. The quantitative estimate of drug-likeness (QED) is 0.785. The van der Waals surface area contributed by atoms with E-state index >= 15 is 0 Å². The number of carbonyl (C=O) groups is 2. The number of likely N-dealkylation sites (N-methyl/N-ethyl adjacent to an activating group) is 1. The Morgan fingerprint density at radius 3 is 2.48 bits per heavy atom. The van der Waals surface area contributed by atoms with E-state index in [1.54, 1.807) is 55.6 Å². The number of benzene rings is 2. The van der Waals surface area contributed by atoms with E-state index in [1.165, 1.54) is 17.0 Å². The van der Waals surface area contributed by atoms with Crippen LogP contribution in [0.15, 0.2) is 54.6 Å². The Labute approximate surface area is 145 Å². The molecule has 0 atom stereocenters. The zero-order valence-electron chi connectivity index (χ0n) is 13.8. The van der Waals surface area contributed by atoms with Gasteiger partial charge in [0.1, 0.15) is 11.6 Å². The van der Waals surface area contributed by atoms with Gasteiger partial charge in [-0.1, -0.05) is 30.3 Å². The van der Waals surface area contributed by atoms with E-state index in [9.17, 15) is 14.0 Å². The molecule has 0 bridgehead atoms. The maximum absolute atomic E-state index is 13.6. The van der Waals surface area contributed by atoms with Crippen LogP contribution in [0, 0.1) is 5.82 Å². The molecule has 0 saturated carbocycles. The first-order valence-electron chi connectivity index (χ1n) is 7.63. The number of nitrogens with zero attached hydrogens (tertiary/aromatic N) is 1. The monoisotopic (exact) mass is 342 g/mol. The number of carbonyl (C=O) groups excluding carboxylic acids is 2. The van der Waals surface area contributed by atoms with E-state index in [4.69, 9.17) is 10.5 Å². The first-order chi connectivity index (χ1) is 12.0. The Hall–Kier alpha value is -3.15. The van der Waals surface area contributed by atoms with Gasteiger partial charge in [0.2, 0.25) is 5.91 Å². The van der Waals surface area contributed by atoms with Crippen molar-refractivity contribution in [1.29, 1.82) is 0 Å². The second kappa shape index (κ2) is 8.63. The van der Waals surface area contributed by atoms with Gasteiger partial charge in [0.15, 0.2) is 6.61 Å². The van der Waals surface area contributed by atoms with Crippen LogP contribution in [-0.4, -0.2) is 30.4 Å². The van der Waals surface area contributed by atoms with Gasteiger partial charge in [-0.3, -0.25) is 9.59 Å². The lowest BCUT2D eigenvalue weighted by Gasteiger charge is -2.15. The van der Waals surface area contributed by atoms with Crippen LogP contribution in [0.2, 0.25) is 0 Å². The average Bonchev–Trinajstić information content (AvgIpc) is 2.60. The van der Waals surface area contributed by atoms with Crippen LogP contribution in [0.4, 0.5) is 4.39 Å². The van der Waals surface area contributed by atoms with E-state index in [0.717, 1.165) is 5.56 Å². The number of hydrogen-bond acceptors (Lipinski definition) is 3. The molecule has 0 heterocycles. The molecule has 0 aliphatic rings. The largest absolute Gasteiger partial charge is 0.484 e. The molecule has 2 aromatic rings. The molecule has 2 N–H and O–H groups in total. The molecule has 6 heteroatoms. The van der Waals surface area contributed by atoms with E-state index in [0.29, 0.717) is 11.3 Å². The third-order valence-corrected chi connectivity index (χ3v) is 3.42. The molecule has 0 radical (unpaired) electrons. The highest BCUT2D eigenvalue weighted by Gasteiger charge is 2.08. The smallest absolute Gasteiger partial charge is 0.255 e. The summed E-state index contributed by atoms with van der Waals surface area (Å²) in [6.45, 7) is 0.00422. The molecule has 0 aromatic heterocycles. The Morgan fingerprint density at radius 1 is 1.16 bits per heavy atom. The van der Waals surface area contributed by atoms with Crippen LogP contribution < -0.4 is 10.5 Å². The van der Waals surface area contributed by atoms with Gasteiger partial charge in [-0.2, -0.15) is 0 Å². The normalized spacial score (nSPS) is 10.6. The number of primary amides is 1. The highest BCUT2D eigenvalue weighted by atomic mass is 19.1. The maximum atomic E-state index is 13.6. The van der Waals surface area contributed by atoms with Gasteiger partial charge in [-0.15, -0.1) is 0 Å². The first kappa shape index (κ1) is 18.2. The lowest BCUT2D eigenvalue weighted by Crippen LogP contribution is -2.24. The average molecular weight is 342 g/mol. The molecule has 0 unspecified atom stereocenters. The molecule has 5 nitrogen and oxygen atoms in total. The number of halogens is 1. The minimum atomic E-state index is -0.549. The minimum Gasteiger partial charge on any atom is -0.484 e. The van der Waals surface area contributed by atoms with Crippen molar-refractivity contribution in [2.75, 3.05) is 13.7 Å². The van der Waals surface area contributed by atoms with Crippen molar-refractivity contribution in [2.45, 2.75) is 6.54 Å². The predicted molar refractivity (Wildman–Crippen MR) is 93.0 cm³/mol. The Balaban J connectivity index is 1.92. The van der Waals surface area contributed by atoms with Gasteiger partial charge >= 0.3 is 0 Å². The van der Waals surface area contributed by atoms with Gasteiger partial charge in [0.25, 0.3) is 5.91 Å². The highest BCUT2D eigenvalue weighted by molar-refractivity contribution is 5.91. The van der Waals surface area contributed by atoms with Crippen molar-refractivity contribution >= 4 is 17.9 Å². The van der Waals surface area contributed by atoms with Crippen LogP contribution in [0.25, 0.3) is 6.08 Å². The standard InChI is InChI=1S/C19H19FN2O3/c1-22(12-15-4-2-3-5-17(15)20)19(24)11-8-14-6-9-16(10-7-14)25-13-18(21)23/h2-11H,12-13H2,1H3,(H2,21,23)/b11-8+. The predicted octanol–water partition coefficient (Wildman–Crippen LogP) is 2.36. The number of rotatable bonds is 7. The van der Waals surface area contributed by atoms with E-state index < -0.39 is 5.91 Å². The van der Waals surface area contributed by atoms with Crippen LogP contribution >= 0.6 is 0 Å². The molecule has 2 amide bonds. The molecule has 0 fully saturated rings. The van der Waals surface area contributed by atoms with Gasteiger partial charge < -0.3 is 15.4 Å². The van der Waals surface area contributed by atoms with Crippen LogP contribution in [0.3, 0.4) is 0 Å². The summed E-state index contributed by atoms with van der Waals surface area (Å²) in [6.07, 6.45) is 3.07. The Kier molecular flexibility index (Phi) is 6.28. The summed E-state index contributed by atoms with van der Waals surface area (Å²) in [5.41, 5.74) is 6.25. The summed E-state index contributed by atoms with van der Waals surface area (Å²) in [5, 5.41) is 0. The molecule has 0 spiro atoms. The molecule has 0 aliphatic carbocycles. The van der Waals surface area contributed by atoms with Crippen molar-refractivity contribution in [3.05, 3.63) is 71.6 Å². The van der Waals surface area contributed by atoms with Crippen LogP contribution in [-0.2, 0) is 16.1 Å². The van der Waals surface area contributed by atoms with Gasteiger partial charge in [0, 0.05) is 25.2 Å². The van der Waals surface area contributed by atoms with Crippen molar-refractivity contribution < 1.29 is 18.7 Å². The van der Waals surface area contributed by atoms with Gasteiger partial charge in [-0.05, 0) is 29.8 Å². The van der Waals surface area contributed by atoms with Crippen LogP contribution in [0.1, 0.15) is 11.1 Å². The second-order valence-electron chi connectivity index (χ2n) is 5.44.